The third-order valence-corrected chi connectivity index (χ3v) is 6.50. The molecule has 3 aliphatic rings. The summed E-state index contributed by atoms with van der Waals surface area (Å²) in [4.78, 5) is 30.3. The zero-order valence-electron chi connectivity index (χ0n) is 17.3. The van der Waals surface area contributed by atoms with Gasteiger partial charge >= 0.3 is 5.97 Å². The van der Waals surface area contributed by atoms with E-state index in [1.807, 2.05) is 12.1 Å². The molecule has 1 unspecified atom stereocenters. The Kier molecular flexibility index (Phi) is 3.94. The Morgan fingerprint density at radius 3 is 2.81 bits per heavy atom. The van der Waals surface area contributed by atoms with E-state index in [4.69, 9.17) is 19.2 Å². The Hall–Kier alpha value is -3.43. The van der Waals surface area contributed by atoms with Gasteiger partial charge in [0.2, 0.25) is 0 Å². The van der Waals surface area contributed by atoms with Gasteiger partial charge in [0.1, 0.15) is 13.2 Å². The van der Waals surface area contributed by atoms with Crippen molar-refractivity contribution in [1.82, 2.24) is 9.55 Å². The van der Waals surface area contributed by atoms with E-state index in [0.717, 1.165) is 10.9 Å². The number of pyridine rings is 2. The molecule has 2 aromatic heterocycles. The van der Waals surface area contributed by atoms with Crippen LogP contribution in [0.4, 0.5) is 0 Å². The summed E-state index contributed by atoms with van der Waals surface area (Å²) in [5.74, 6) is 0.335. The molecule has 2 atom stereocenters. The highest BCUT2D eigenvalue weighted by molar-refractivity contribution is 5.88. The van der Waals surface area contributed by atoms with Gasteiger partial charge in [-0.15, -0.1) is 0 Å². The Bertz CT molecular complexity index is 1380. The quantitative estimate of drug-likeness (QED) is 0.450. The SMILES string of the molecule is CC[C@@]1(O)C(=O)OCc2c1cc1n(c2=O)Cc2cc3cc4c(cc3nc2-1)OCC(CO)O4. The first-order valence-electron chi connectivity index (χ1n) is 10.5. The molecule has 9 heteroatoms. The number of cyclic esters (lactones) is 1. The number of rotatable bonds is 2. The summed E-state index contributed by atoms with van der Waals surface area (Å²) >= 11 is 0. The Morgan fingerprint density at radius 2 is 2.03 bits per heavy atom. The van der Waals surface area contributed by atoms with Gasteiger partial charge in [0.15, 0.2) is 23.2 Å². The van der Waals surface area contributed by atoms with Crippen molar-refractivity contribution in [2.45, 2.75) is 38.2 Å². The molecule has 3 aromatic rings. The number of esters is 1. The minimum absolute atomic E-state index is 0.0953. The molecule has 0 saturated carbocycles. The molecule has 0 saturated heterocycles. The number of fused-ring (bicyclic) bond motifs is 6. The lowest BCUT2D eigenvalue weighted by Crippen LogP contribution is -2.44. The molecule has 0 fully saturated rings. The van der Waals surface area contributed by atoms with E-state index in [0.29, 0.717) is 46.1 Å². The second-order valence-electron chi connectivity index (χ2n) is 8.32. The molecular weight excluding hydrogens is 416 g/mol. The molecule has 32 heavy (non-hydrogen) atoms. The van der Waals surface area contributed by atoms with Gasteiger partial charge in [-0.05, 0) is 24.6 Å². The van der Waals surface area contributed by atoms with Crippen molar-refractivity contribution in [3.05, 3.63) is 51.3 Å². The summed E-state index contributed by atoms with van der Waals surface area (Å²) in [6.45, 7) is 1.95. The van der Waals surface area contributed by atoms with Crippen LogP contribution in [0.5, 0.6) is 11.5 Å². The van der Waals surface area contributed by atoms with Crippen molar-refractivity contribution in [2.75, 3.05) is 13.2 Å². The average molecular weight is 436 g/mol. The maximum absolute atomic E-state index is 13.2. The molecule has 5 heterocycles. The molecular formula is C23H20N2O7. The third-order valence-electron chi connectivity index (χ3n) is 6.50. The molecule has 1 aromatic carbocycles. The van der Waals surface area contributed by atoms with Crippen LogP contribution in [-0.2, 0) is 28.3 Å². The largest absolute Gasteiger partial charge is 0.486 e. The first kappa shape index (κ1) is 19.3. The number of carbonyl (C=O) groups excluding carboxylic acids is 1. The first-order chi connectivity index (χ1) is 15.4. The first-order valence-corrected chi connectivity index (χ1v) is 10.5. The van der Waals surface area contributed by atoms with Gasteiger partial charge < -0.3 is 29.0 Å². The van der Waals surface area contributed by atoms with Crippen LogP contribution in [0.15, 0.2) is 29.1 Å². The van der Waals surface area contributed by atoms with E-state index < -0.39 is 17.7 Å². The van der Waals surface area contributed by atoms with Gasteiger partial charge in [0, 0.05) is 22.6 Å². The van der Waals surface area contributed by atoms with E-state index in [9.17, 15) is 19.8 Å². The van der Waals surface area contributed by atoms with E-state index in [1.165, 1.54) is 0 Å². The fraction of sp³-hybridized carbons (Fsp3) is 0.348. The molecule has 164 valence electrons. The van der Waals surface area contributed by atoms with Crippen molar-refractivity contribution in [3.8, 4) is 22.9 Å². The minimum Gasteiger partial charge on any atom is -0.486 e. The number of aliphatic hydroxyl groups is 2. The van der Waals surface area contributed by atoms with Crippen LogP contribution in [0.3, 0.4) is 0 Å². The van der Waals surface area contributed by atoms with E-state index in [1.54, 1.807) is 23.6 Å². The predicted molar refractivity (Wildman–Crippen MR) is 112 cm³/mol. The normalized spacial score (nSPS) is 22.8. The highest BCUT2D eigenvalue weighted by Crippen LogP contribution is 2.41. The fourth-order valence-corrected chi connectivity index (χ4v) is 4.68. The summed E-state index contributed by atoms with van der Waals surface area (Å²) < 4.78 is 18.2. The lowest BCUT2D eigenvalue weighted by atomic mass is 9.86. The van der Waals surface area contributed by atoms with Gasteiger partial charge in [-0.2, -0.15) is 0 Å². The monoisotopic (exact) mass is 436 g/mol. The fourth-order valence-electron chi connectivity index (χ4n) is 4.68. The van der Waals surface area contributed by atoms with Crippen molar-refractivity contribution < 1.29 is 29.2 Å². The van der Waals surface area contributed by atoms with Gasteiger partial charge in [-0.1, -0.05) is 6.92 Å². The molecule has 0 radical (unpaired) electrons. The zero-order valence-corrected chi connectivity index (χ0v) is 17.3. The van der Waals surface area contributed by atoms with Crippen LogP contribution in [0.1, 0.15) is 30.0 Å². The molecule has 2 N–H and O–H groups in total. The van der Waals surface area contributed by atoms with Gasteiger partial charge in [0.05, 0.1) is 35.6 Å². The highest BCUT2D eigenvalue weighted by atomic mass is 16.6. The van der Waals surface area contributed by atoms with E-state index >= 15 is 0 Å². The molecule has 3 aliphatic heterocycles. The smallest absolute Gasteiger partial charge is 0.343 e. The van der Waals surface area contributed by atoms with Crippen molar-refractivity contribution in [2.24, 2.45) is 0 Å². The van der Waals surface area contributed by atoms with Gasteiger partial charge in [0.25, 0.3) is 5.56 Å². The van der Waals surface area contributed by atoms with Crippen LogP contribution in [0.2, 0.25) is 0 Å². The highest BCUT2D eigenvalue weighted by Gasteiger charge is 2.45. The molecule has 0 bridgehead atoms. The topological polar surface area (TPSA) is 120 Å². The number of hydrogen-bond acceptors (Lipinski definition) is 8. The van der Waals surface area contributed by atoms with Crippen LogP contribution in [0, 0.1) is 0 Å². The van der Waals surface area contributed by atoms with Gasteiger partial charge in [-0.25, -0.2) is 9.78 Å². The number of benzene rings is 1. The summed E-state index contributed by atoms with van der Waals surface area (Å²) in [5.41, 5.74) is 1.13. The standard InChI is InChI=1S/C23H20N2O7/c1-2-23(29)15-5-17-20-12(7-25(17)21(27)14(15)10-31-22(23)28)3-11-4-19-18(6-16(11)24-20)30-9-13(8-26)32-19/h3-6,13,26,29H,2,7-10H2,1H3/t13?,23-/m0/s1. The number of nitrogens with zero attached hydrogens (tertiary/aromatic N) is 2. The van der Waals surface area contributed by atoms with Crippen LogP contribution < -0.4 is 15.0 Å². The number of aromatic nitrogens is 2. The lowest BCUT2D eigenvalue weighted by molar-refractivity contribution is -0.172. The molecule has 0 spiro atoms. The molecule has 6 rings (SSSR count). The minimum atomic E-state index is -1.85. The second-order valence-corrected chi connectivity index (χ2v) is 8.32. The summed E-state index contributed by atoms with van der Waals surface area (Å²) in [6.07, 6.45) is -0.323. The predicted octanol–water partition coefficient (Wildman–Crippen LogP) is 1.21. The van der Waals surface area contributed by atoms with Crippen LogP contribution >= 0.6 is 0 Å². The third kappa shape index (κ3) is 2.49. The van der Waals surface area contributed by atoms with Crippen LogP contribution in [-0.4, -0.2) is 45.1 Å². The van der Waals surface area contributed by atoms with Crippen LogP contribution in [0.25, 0.3) is 22.3 Å². The zero-order chi connectivity index (χ0) is 22.2. The summed E-state index contributed by atoms with van der Waals surface area (Å²) in [5, 5.41) is 21.1. The summed E-state index contributed by atoms with van der Waals surface area (Å²) in [7, 11) is 0. The molecule has 0 amide bonds. The number of aliphatic hydroxyl groups excluding tert-OH is 1. The molecule has 9 nitrogen and oxygen atoms in total. The lowest BCUT2D eigenvalue weighted by Gasteiger charge is -2.31. The van der Waals surface area contributed by atoms with E-state index in [2.05, 4.69) is 0 Å². The number of ether oxygens (including phenoxy) is 3. The number of carbonyl (C=O) groups is 1. The average Bonchev–Trinajstić information content (AvgIpc) is 3.16. The Labute approximate surface area is 181 Å². The van der Waals surface area contributed by atoms with E-state index in [-0.39, 0.29) is 31.8 Å². The van der Waals surface area contributed by atoms with Crippen molar-refractivity contribution >= 4 is 16.9 Å². The van der Waals surface area contributed by atoms with Crippen molar-refractivity contribution in [3.63, 3.8) is 0 Å². The van der Waals surface area contributed by atoms with Crippen molar-refractivity contribution in [1.29, 1.82) is 0 Å². The number of hydrogen-bond donors (Lipinski definition) is 2. The second kappa shape index (κ2) is 6.54. The Morgan fingerprint density at radius 1 is 1.19 bits per heavy atom. The Balaban J connectivity index is 1.53. The maximum Gasteiger partial charge on any atom is 0.343 e. The summed E-state index contributed by atoms with van der Waals surface area (Å²) in [6, 6.07) is 7.23. The molecule has 0 aliphatic carbocycles. The maximum atomic E-state index is 13.2. The van der Waals surface area contributed by atoms with Gasteiger partial charge in [-0.3, -0.25) is 4.79 Å².